The van der Waals surface area contributed by atoms with Gasteiger partial charge in [0.1, 0.15) is 29.8 Å². The van der Waals surface area contributed by atoms with Crippen LogP contribution in [-0.4, -0.2) is 58.8 Å². The summed E-state index contributed by atoms with van der Waals surface area (Å²) >= 11 is 0. The van der Waals surface area contributed by atoms with Crippen LogP contribution in [0.15, 0.2) is 58.2 Å². The third-order valence-corrected chi connectivity index (χ3v) is 7.20. The van der Waals surface area contributed by atoms with E-state index in [0.29, 0.717) is 22.9 Å². The van der Waals surface area contributed by atoms with Crippen LogP contribution >= 0.6 is 0 Å². The van der Waals surface area contributed by atoms with E-state index in [2.05, 4.69) is 10.3 Å². The lowest BCUT2D eigenvalue weighted by atomic mass is 10.0. The molecule has 3 aromatic rings. The van der Waals surface area contributed by atoms with E-state index < -0.39 is 27.7 Å². The summed E-state index contributed by atoms with van der Waals surface area (Å²) in [5, 5.41) is 2.97. The van der Waals surface area contributed by atoms with Crippen LogP contribution < -0.4 is 9.62 Å². The van der Waals surface area contributed by atoms with E-state index in [1.54, 1.807) is 32.1 Å². The summed E-state index contributed by atoms with van der Waals surface area (Å²) in [5.41, 5.74) is 1.47. The highest BCUT2D eigenvalue weighted by Crippen LogP contribution is 2.36. The minimum Gasteiger partial charge on any atom is -0.491 e. The summed E-state index contributed by atoms with van der Waals surface area (Å²) < 4.78 is 57.0. The summed E-state index contributed by atoms with van der Waals surface area (Å²) in [6.45, 7) is 4.89. The van der Waals surface area contributed by atoms with Gasteiger partial charge in [-0.05, 0) is 62.2 Å². The smallest absolute Gasteiger partial charge is 0.337 e. The van der Waals surface area contributed by atoms with Crippen molar-refractivity contribution in [1.82, 2.24) is 10.3 Å². The number of methoxy groups -OCH3 is 1. The summed E-state index contributed by atoms with van der Waals surface area (Å²) in [4.78, 5) is 29.4. The number of esters is 1. The third kappa shape index (κ3) is 6.50. The van der Waals surface area contributed by atoms with E-state index in [1.807, 2.05) is 6.92 Å². The zero-order valence-corrected chi connectivity index (χ0v) is 24.0. The van der Waals surface area contributed by atoms with Gasteiger partial charge in [-0.1, -0.05) is 13.0 Å². The maximum atomic E-state index is 13.6. The molecule has 0 atom stereocenters. The molecular weight excluding hydrogens is 541 g/mol. The number of benzene rings is 1. The van der Waals surface area contributed by atoms with Gasteiger partial charge in [-0.2, -0.15) is 4.98 Å². The number of furan rings is 1. The fourth-order valence-corrected chi connectivity index (χ4v) is 4.92. The normalized spacial score (nSPS) is 12.4. The van der Waals surface area contributed by atoms with Crippen molar-refractivity contribution in [2.45, 2.75) is 27.2 Å². The molecule has 0 radical (unpaired) electrons. The number of pyridine rings is 1. The number of halogens is 1. The average Bonchev–Trinajstić information content (AvgIpc) is 3.30. The number of carbonyl (C=O) groups is 2. The van der Waals surface area contributed by atoms with Gasteiger partial charge in [0.2, 0.25) is 15.7 Å². The van der Waals surface area contributed by atoms with Crippen molar-refractivity contribution in [2.24, 2.45) is 0 Å². The molecule has 0 unspecified atom stereocenters. The molecule has 10 nitrogen and oxygen atoms in total. The van der Waals surface area contributed by atoms with Gasteiger partial charge >= 0.3 is 5.97 Å². The molecule has 0 saturated heterocycles. The zero-order chi connectivity index (χ0) is 29.6. The van der Waals surface area contributed by atoms with Gasteiger partial charge in [-0.3, -0.25) is 9.10 Å². The Hall–Kier alpha value is -4.19. The molecule has 1 N–H and O–H groups in total. The van der Waals surface area contributed by atoms with Gasteiger partial charge in [0.15, 0.2) is 0 Å². The van der Waals surface area contributed by atoms with E-state index in [9.17, 15) is 22.4 Å². The first kappa shape index (κ1) is 30.4. The quantitative estimate of drug-likeness (QED) is 0.155. The molecule has 0 aliphatic rings. The first-order valence-corrected chi connectivity index (χ1v) is 14.3. The number of allylic oxidation sites excluding steroid dienone is 2. The first-order chi connectivity index (χ1) is 19.0. The van der Waals surface area contributed by atoms with Crippen molar-refractivity contribution < 1.29 is 36.3 Å². The second-order valence-corrected chi connectivity index (χ2v) is 10.6. The maximum Gasteiger partial charge on any atom is 0.337 e. The minimum atomic E-state index is -3.85. The van der Waals surface area contributed by atoms with E-state index >= 15 is 0 Å². The predicted octanol–water partition coefficient (Wildman–Crippen LogP) is 4.36. The molecule has 1 aromatic carbocycles. The number of ether oxygens (including phenoxy) is 2. The predicted molar refractivity (Wildman–Crippen MR) is 150 cm³/mol. The summed E-state index contributed by atoms with van der Waals surface area (Å²) in [6, 6.07) is 7.12. The number of fused-ring (bicyclic) bond motifs is 1. The van der Waals surface area contributed by atoms with Gasteiger partial charge in [0.25, 0.3) is 5.91 Å². The number of amides is 1. The number of anilines is 1. The molecule has 1 amide bonds. The number of rotatable bonds is 11. The third-order valence-electron chi connectivity index (χ3n) is 6.05. The van der Waals surface area contributed by atoms with Crippen LogP contribution in [0.1, 0.15) is 36.7 Å². The summed E-state index contributed by atoms with van der Waals surface area (Å²) in [5.74, 6) is -0.926. The summed E-state index contributed by atoms with van der Waals surface area (Å²) in [7, 11) is -1.12. The number of hydrogen-bond donors (Lipinski definition) is 1. The molecule has 0 bridgehead atoms. The lowest BCUT2D eigenvalue weighted by Gasteiger charge is -2.24. The van der Waals surface area contributed by atoms with Crippen LogP contribution in [0.4, 0.5) is 10.2 Å². The number of sulfonamides is 1. The number of nitrogens with zero attached hydrogens (tertiary/aromatic N) is 2. The highest BCUT2D eigenvalue weighted by molar-refractivity contribution is 7.92. The van der Waals surface area contributed by atoms with Gasteiger partial charge in [0, 0.05) is 12.6 Å². The monoisotopic (exact) mass is 573 g/mol. The largest absolute Gasteiger partial charge is 0.491 e. The second-order valence-electron chi connectivity index (χ2n) is 8.73. The number of nitrogens with one attached hydrogen (secondary N) is 1. The van der Waals surface area contributed by atoms with Crippen molar-refractivity contribution >= 4 is 38.8 Å². The Kier molecular flexibility index (Phi) is 9.69. The standard InChI is InChI=1S/C28H32FN3O7S/c1-7-9-22(17(3)28(34)37-5)38-15-14-32(40(6,35)36)25-18(8-2)16-21-23(26(33)30-4)24(39-27(21)31-25)19-10-12-20(29)13-11-19/h7,9-13,16H,8,14-15H2,1-6H3,(H,30,33). The van der Waals surface area contributed by atoms with Crippen molar-refractivity contribution in [2.75, 3.05) is 37.9 Å². The fraction of sp³-hybridized carbons (Fsp3) is 0.321. The molecule has 3 rings (SSSR count). The topological polar surface area (TPSA) is 128 Å². The second kappa shape index (κ2) is 12.8. The zero-order valence-electron chi connectivity index (χ0n) is 23.2. The molecular formula is C28H32FN3O7S. The van der Waals surface area contributed by atoms with E-state index in [4.69, 9.17) is 13.9 Å². The Morgan fingerprint density at radius 1 is 1.23 bits per heavy atom. The molecule has 2 aromatic heterocycles. The van der Waals surface area contributed by atoms with Crippen LogP contribution in [-0.2, 0) is 30.7 Å². The van der Waals surface area contributed by atoms with Crippen molar-refractivity contribution in [1.29, 1.82) is 0 Å². The molecule has 0 spiro atoms. The number of carbonyl (C=O) groups excluding carboxylic acids is 2. The molecule has 0 aliphatic heterocycles. The Morgan fingerprint density at radius 3 is 2.45 bits per heavy atom. The molecule has 0 saturated carbocycles. The Balaban J connectivity index is 2.11. The van der Waals surface area contributed by atoms with Crippen LogP contribution in [0, 0.1) is 5.82 Å². The number of aryl methyl sites for hydroxylation is 1. The van der Waals surface area contributed by atoms with Crippen LogP contribution in [0.2, 0.25) is 0 Å². The number of hydrogen-bond acceptors (Lipinski definition) is 8. The average molecular weight is 574 g/mol. The maximum absolute atomic E-state index is 13.6. The van der Waals surface area contributed by atoms with Crippen molar-refractivity contribution in [3.8, 4) is 11.3 Å². The SMILES string of the molecule is CC=CC(OCCN(c1nc2oc(-c3ccc(F)cc3)c(C(=O)NC)c2cc1CC)S(C)(=O)=O)=C(C)C(=O)OC. The van der Waals surface area contributed by atoms with Gasteiger partial charge in [-0.15, -0.1) is 0 Å². The van der Waals surface area contributed by atoms with Crippen molar-refractivity contribution in [3.05, 3.63) is 70.8 Å². The Bertz CT molecular complexity index is 1580. The molecule has 12 heteroatoms. The van der Waals surface area contributed by atoms with Gasteiger partial charge in [-0.25, -0.2) is 17.6 Å². The van der Waals surface area contributed by atoms with Gasteiger partial charge < -0.3 is 19.2 Å². The van der Waals surface area contributed by atoms with Crippen LogP contribution in [0.25, 0.3) is 22.4 Å². The van der Waals surface area contributed by atoms with Crippen molar-refractivity contribution in [3.63, 3.8) is 0 Å². The lowest BCUT2D eigenvalue weighted by molar-refractivity contribution is -0.136. The van der Waals surface area contributed by atoms with Crippen LogP contribution in [0.3, 0.4) is 0 Å². The highest BCUT2D eigenvalue weighted by Gasteiger charge is 2.28. The molecule has 214 valence electrons. The van der Waals surface area contributed by atoms with E-state index in [1.165, 1.54) is 38.4 Å². The van der Waals surface area contributed by atoms with E-state index in [-0.39, 0.29) is 47.3 Å². The number of aromatic nitrogens is 1. The first-order valence-electron chi connectivity index (χ1n) is 12.4. The Morgan fingerprint density at radius 2 is 1.90 bits per heavy atom. The fourth-order valence-electron chi connectivity index (χ4n) is 4.04. The van der Waals surface area contributed by atoms with Crippen LogP contribution in [0.5, 0.6) is 0 Å². The molecule has 2 heterocycles. The lowest BCUT2D eigenvalue weighted by Crippen LogP contribution is -2.34. The van der Waals surface area contributed by atoms with Gasteiger partial charge in [0.05, 0.1) is 36.4 Å². The molecule has 0 aliphatic carbocycles. The highest BCUT2D eigenvalue weighted by atomic mass is 32.2. The van der Waals surface area contributed by atoms with E-state index in [0.717, 1.165) is 10.6 Å². The Labute approximate surface area is 232 Å². The minimum absolute atomic E-state index is 0.0377. The molecule has 40 heavy (non-hydrogen) atoms. The molecule has 0 fully saturated rings. The summed E-state index contributed by atoms with van der Waals surface area (Å²) in [6.07, 6.45) is 4.70.